The second-order valence-electron chi connectivity index (χ2n) is 5.80. The van der Waals surface area contributed by atoms with Crippen molar-refractivity contribution in [1.29, 1.82) is 0 Å². The van der Waals surface area contributed by atoms with Gasteiger partial charge in [-0.25, -0.2) is 8.42 Å². The van der Waals surface area contributed by atoms with Crippen molar-refractivity contribution in [2.24, 2.45) is 0 Å². The van der Waals surface area contributed by atoms with Gasteiger partial charge in [0, 0.05) is 12.8 Å². The van der Waals surface area contributed by atoms with Gasteiger partial charge in [-0.15, -0.1) is 0 Å². The summed E-state index contributed by atoms with van der Waals surface area (Å²) in [5, 5.41) is -7.65. The minimum atomic E-state index is -8.25. The van der Waals surface area contributed by atoms with Crippen LogP contribution < -0.4 is 0 Å². The summed E-state index contributed by atoms with van der Waals surface area (Å²) in [6.45, 7) is 0. The largest absolute Gasteiger partial charge is 0.743 e. The van der Waals surface area contributed by atoms with Gasteiger partial charge in [-0.3, -0.25) is 0 Å². The first-order chi connectivity index (χ1) is 12.7. The first kappa shape index (κ1) is 28.9. The number of alkyl halides is 15. The Morgan fingerprint density at radius 3 is 1.20 bits per heavy atom. The quantitative estimate of drug-likeness (QED) is 0.226. The Hall–Kier alpha value is -1.14. The average Bonchev–Trinajstić information content (AvgIpc) is 2.48. The molecule has 0 aromatic carbocycles. The van der Waals surface area contributed by atoms with Crippen LogP contribution in [0, 0.1) is 0 Å². The molecule has 30 heavy (non-hydrogen) atoms. The Morgan fingerprint density at radius 2 is 0.867 bits per heavy atom. The molecule has 0 atom stereocenters. The van der Waals surface area contributed by atoms with Crippen molar-refractivity contribution in [3.8, 4) is 0 Å². The van der Waals surface area contributed by atoms with Crippen LogP contribution in [-0.4, -0.2) is 54.0 Å². The average molecular weight is 505 g/mol. The third-order valence-electron chi connectivity index (χ3n) is 3.52. The number of unbranched alkanes of at least 4 members (excludes halogenated alkanes) is 1. The summed E-state index contributed by atoms with van der Waals surface area (Å²) in [6, 6.07) is 0. The minimum absolute atomic E-state index is 1.42. The van der Waals surface area contributed by atoms with E-state index in [2.05, 4.69) is 0 Å². The van der Waals surface area contributed by atoms with Gasteiger partial charge in [-0.2, -0.15) is 65.9 Å². The topological polar surface area (TPSA) is 57.2 Å². The van der Waals surface area contributed by atoms with Crippen LogP contribution in [0.3, 0.4) is 0 Å². The lowest BCUT2D eigenvalue weighted by atomic mass is 9.92. The first-order valence-corrected chi connectivity index (χ1v) is 8.40. The standard InChI is InChI=1S/C11H9F15O3S/c12-5(13,3-1-2-4-6(14,15)16)7(17,18)8(19,20)9(21,22)10(23,24)11(25,26)30(27,28)29/h1-4H2,(H,27,28,29)/p-1. The molecule has 0 aliphatic rings. The van der Waals surface area contributed by atoms with Crippen LogP contribution in [0.5, 0.6) is 0 Å². The fourth-order valence-electron chi connectivity index (χ4n) is 1.79. The second-order valence-corrected chi connectivity index (χ2v) is 7.22. The molecule has 0 aliphatic heterocycles. The molecule has 3 nitrogen and oxygen atoms in total. The highest BCUT2D eigenvalue weighted by atomic mass is 32.2. The summed E-state index contributed by atoms with van der Waals surface area (Å²) in [7, 11) is -7.90. The molecule has 0 saturated heterocycles. The summed E-state index contributed by atoms with van der Waals surface area (Å²) in [5.41, 5.74) is 0. The Morgan fingerprint density at radius 1 is 0.533 bits per heavy atom. The minimum Gasteiger partial charge on any atom is -0.743 e. The van der Waals surface area contributed by atoms with Crippen LogP contribution in [0.15, 0.2) is 0 Å². The smallest absolute Gasteiger partial charge is 0.402 e. The van der Waals surface area contributed by atoms with Gasteiger partial charge in [0.2, 0.25) is 0 Å². The summed E-state index contributed by atoms with van der Waals surface area (Å²) in [5.74, 6) is -38.5. The zero-order valence-electron chi connectivity index (χ0n) is 13.6. The molecule has 0 aliphatic carbocycles. The molecular weight excluding hydrogens is 497 g/mol. The first-order valence-electron chi connectivity index (χ1n) is 7.00. The van der Waals surface area contributed by atoms with Crippen LogP contribution in [0.4, 0.5) is 65.9 Å². The van der Waals surface area contributed by atoms with Gasteiger partial charge in [-0.1, -0.05) is 0 Å². The van der Waals surface area contributed by atoms with E-state index in [9.17, 15) is 78.8 Å². The molecule has 0 unspecified atom stereocenters. The number of rotatable bonds is 10. The summed E-state index contributed by atoms with van der Waals surface area (Å²) >= 11 is 0. The van der Waals surface area contributed by atoms with Gasteiger partial charge in [-0.05, 0) is 12.8 Å². The molecule has 0 fully saturated rings. The Kier molecular flexibility index (Phi) is 7.48. The number of hydrogen-bond donors (Lipinski definition) is 0. The van der Waals surface area contributed by atoms with Crippen molar-refractivity contribution in [3.63, 3.8) is 0 Å². The Labute approximate surface area is 157 Å². The molecule has 0 radical (unpaired) electrons. The normalized spacial score (nSPS) is 16.1. The van der Waals surface area contributed by atoms with E-state index in [-0.39, 0.29) is 0 Å². The summed E-state index contributed by atoms with van der Waals surface area (Å²) in [6.07, 6.45) is -12.7. The van der Waals surface area contributed by atoms with Gasteiger partial charge in [0.05, 0.1) is 0 Å². The van der Waals surface area contributed by atoms with Gasteiger partial charge >= 0.3 is 41.0 Å². The van der Waals surface area contributed by atoms with E-state index in [1.54, 1.807) is 0 Å². The monoisotopic (exact) mass is 505 g/mol. The van der Waals surface area contributed by atoms with Crippen molar-refractivity contribution >= 4 is 10.1 Å². The summed E-state index contributed by atoms with van der Waals surface area (Å²) < 4.78 is 223. The zero-order chi connectivity index (χ0) is 24.8. The molecule has 0 aromatic heterocycles. The van der Waals surface area contributed by atoms with Gasteiger partial charge in [0.1, 0.15) is 0 Å². The molecule has 0 spiro atoms. The Bertz CT molecular complexity index is 710. The fourth-order valence-corrected chi connectivity index (χ4v) is 2.24. The highest BCUT2D eigenvalue weighted by molar-refractivity contribution is 7.86. The lowest BCUT2D eigenvalue weighted by Gasteiger charge is -2.41. The van der Waals surface area contributed by atoms with Crippen LogP contribution in [0.1, 0.15) is 25.7 Å². The lowest BCUT2D eigenvalue weighted by molar-refractivity contribution is -0.417. The van der Waals surface area contributed by atoms with E-state index in [4.69, 9.17) is 0 Å². The van der Waals surface area contributed by atoms with Crippen molar-refractivity contribution in [2.75, 3.05) is 0 Å². The lowest BCUT2D eigenvalue weighted by Crippen LogP contribution is -2.71. The van der Waals surface area contributed by atoms with E-state index < -0.39 is 76.8 Å². The van der Waals surface area contributed by atoms with Crippen LogP contribution in [-0.2, 0) is 10.1 Å². The van der Waals surface area contributed by atoms with Crippen molar-refractivity contribution in [1.82, 2.24) is 0 Å². The predicted octanol–water partition coefficient (Wildman–Crippen LogP) is 5.42. The van der Waals surface area contributed by atoms with Gasteiger partial charge in [0.25, 0.3) is 0 Å². The Balaban J connectivity index is 6.05. The van der Waals surface area contributed by atoms with Crippen LogP contribution in [0.2, 0.25) is 0 Å². The molecule has 0 saturated carbocycles. The van der Waals surface area contributed by atoms with E-state index >= 15 is 0 Å². The fraction of sp³-hybridized carbons (Fsp3) is 1.00. The molecule has 182 valence electrons. The maximum Gasteiger partial charge on any atom is 0.402 e. The molecule has 19 heteroatoms. The number of hydrogen-bond acceptors (Lipinski definition) is 3. The van der Waals surface area contributed by atoms with E-state index in [0.717, 1.165) is 0 Å². The maximum absolute atomic E-state index is 13.3. The third-order valence-corrected chi connectivity index (χ3v) is 4.41. The molecule has 0 bridgehead atoms. The predicted molar refractivity (Wildman–Crippen MR) is 63.9 cm³/mol. The molecule has 0 heterocycles. The SMILES string of the molecule is O=S(=O)([O-])C(F)(F)C(F)(F)C(F)(F)C(F)(F)C(F)(F)C(F)(F)CCCCC(F)(F)F. The van der Waals surface area contributed by atoms with Gasteiger partial charge in [0.15, 0.2) is 10.1 Å². The van der Waals surface area contributed by atoms with Crippen molar-refractivity contribution in [3.05, 3.63) is 0 Å². The second kappa shape index (κ2) is 7.77. The van der Waals surface area contributed by atoms with E-state index in [1.807, 2.05) is 0 Å². The third kappa shape index (κ3) is 4.69. The molecule has 0 amide bonds. The van der Waals surface area contributed by atoms with Crippen LogP contribution >= 0.6 is 0 Å². The maximum atomic E-state index is 13.3. The molecular formula is C11H8F15O3S-. The zero-order valence-corrected chi connectivity index (χ0v) is 14.4. The van der Waals surface area contributed by atoms with Gasteiger partial charge < -0.3 is 4.55 Å². The number of halogens is 15. The molecule has 0 aromatic rings. The molecule has 0 rings (SSSR count). The van der Waals surface area contributed by atoms with E-state index in [1.165, 1.54) is 0 Å². The highest BCUT2D eigenvalue weighted by Gasteiger charge is 2.90. The highest BCUT2D eigenvalue weighted by Crippen LogP contribution is 2.61. The van der Waals surface area contributed by atoms with Crippen molar-refractivity contribution < 1.29 is 78.8 Å². The van der Waals surface area contributed by atoms with Crippen molar-refractivity contribution in [2.45, 2.75) is 66.7 Å². The van der Waals surface area contributed by atoms with Crippen LogP contribution in [0.25, 0.3) is 0 Å². The summed E-state index contributed by atoms with van der Waals surface area (Å²) in [4.78, 5) is 0. The molecule has 0 N–H and O–H groups in total. The van der Waals surface area contributed by atoms with E-state index in [0.29, 0.717) is 0 Å².